The minimum absolute atomic E-state index is 0.0786. The molecule has 18 heavy (non-hydrogen) atoms. The van der Waals surface area contributed by atoms with Gasteiger partial charge in [0.25, 0.3) is 5.91 Å². The summed E-state index contributed by atoms with van der Waals surface area (Å²) in [7, 11) is 0. The molecule has 94 valence electrons. The molecule has 1 aliphatic heterocycles. The highest BCUT2D eigenvalue weighted by Crippen LogP contribution is 2.18. The number of carbonyl (C=O) groups is 1. The number of hydrogen-bond donors (Lipinski definition) is 1. The van der Waals surface area contributed by atoms with Gasteiger partial charge in [-0.3, -0.25) is 4.79 Å². The van der Waals surface area contributed by atoms with Crippen LogP contribution in [0.1, 0.15) is 22.7 Å². The Morgan fingerprint density at radius 1 is 1.56 bits per heavy atom. The van der Waals surface area contributed by atoms with Crippen molar-refractivity contribution in [2.75, 3.05) is 6.54 Å². The van der Waals surface area contributed by atoms with Gasteiger partial charge in [-0.15, -0.1) is 11.3 Å². The Labute approximate surface area is 109 Å². The van der Waals surface area contributed by atoms with E-state index in [1.54, 1.807) is 10.9 Å². The maximum absolute atomic E-state index is 11.8. The van der Waals surface area contributed by atoms with E-state index in [0.29, 0.717) is 18.2 Å². The van der Waals surface area contributed by atoms with Crippen molar-refractivity contribution < 1.29 is 4.79 Å². The molecule has 1 N–H and O–H groups in total. The standard InChI is InChI=1S/C12H14N4OS/c17-12(10-7-18-8-15-10)14-6-9-1-3-16-4-2-13-11(16)5-9/h2,4,7-9H,1,3,5-6H2,(H,14,17)/t9-/m1/s1. The number of nitrogens with one attached hydrogen (secondary N) is 1. The first-order valence-corrected chi connectivity index (χ1v) is 6.93. The first kappa shape index (κ1) is 11.4. The molecule has 0 fully saturated rings. The molecular formula is C12H14N4OS. The Morgan fingerprint density at radius 3 is 3.33 bits per heavy atom. The van der Waals surface area contributed by atoms with E-state index in [1.807, 2.05) is 12.4 Å². The number of rotatable bonds is 3. The van der Waals surface area contributed by atoms with E-state index in [4.69, 9.17) is 0 Å². The van der Waals surface area contributed by atoms with Crippen molar-refractivity contribution in [2.45, 2.75) is 19.4 Å². The Morgan fingerprint density at radius 2 is 2.50 bits per heavy atom. The van der Waals surface area contributed by atoms with Crippen LogP contribution < -0.4 is 5.32 Å². The van der Waals surface area contributed by atoms with E-state index in [9.17, 15) is 4.79 Å². The van der Waals surface area contributed by atoms with Gasteiger partial charge >= 0.3 is 0 Å². The summed E-state index contributed by atoms with van der Waals surface area (Å²) < 4.78 is 2.18. The minimum Gasteiger partial charge on any atom is -0.350 e. The second-order valence-electron chi connectivity index (χ2n) is 4.48. The Bertz CT molecular complexity index is 534. The summed E-state index contributed by atoms with van der Waals surface area (Å²) >= 11 is 1.44. The van der Waals surface area contributed by atoms with Crippen molar-refractivity contribution in [1.82, 2.24) is 19.9 Å². The van der Waals surface area contributed by atoms with E-state index in [0.717, 1.165) is 25.2 Å². The molecule has 0 aliphatic carbocycles. The fraction of sp³-hybridized carbons (Fsp3) is 0.417. The lowest BCUT2D eigenvalue weighted by Gasteiger charge is -2.23. The van der Waals surface area contributed by atoms with Crippen LogP contribution in [0.15, 0.2) is 23.3 Å². The SMILES string of the molecule is O=C(NC[C@@H]1CCn2ccnc2C1)c1cscn1. The van der Waals surface area contributed by atoms with Crippen LogP contribution in [0, 0.1) is 5.92 Å². The first-order valence-electron chi connectivity index (χ1n) is 5.99. The quantitative estimate of drug-likeness (QED) is 0.908. The van der Waals surface area contributed by atoms with Gasteiger partial charge in [0.05, 0.1) is 5.51 Å². The second kappa shape index (κ2) is 4.89. The number of aryl methyl sites for hydroxylation is 1. The Balaban J connectivity index is 1.54. The summed E-state index contributed by atoms with van der Waals surface area (Å²) in [6.07, 6.45) is 5.87. The topological polar surface area (TPSA) is 59.8 Å². The molecule has 0 unspecified atom stereocenters. The number of thiazole rings is 1. The van der Waals surface area contributed by atoms with Gasteiger partial charge in [-0.05, 0) is 12.3 Å². The number of fused-ring (bicyclic) bond motifs is 1. The van der Waals surface area contributed by atoms with E-state index in [1.165, 1.54) is 11.3 Å². The minimum atomic E-state index is -0.0786. The van der Waals surface area contributed by atoms with E-state index in [2.05, 4.69) is 19.9 Å². The highest BCUT2D eigenvalue weighted by atomic mass is 32.1. The molecule has 1 atom stereocenters. The average Bonchev–Trinajstić information content (AvgIpc) is 3.05. The van der Waals surface area contributed by atoms with Crippen LogP contribution in [0.25, 0.3) is 0 Å². The zero-order valence-electron chi connectivity index (χ0n) is 9.87. The number of amides is 1. The number of aromatic nitrogens is 3. The molecule has 2 aromatic rings. The molecule has 0 saturated heterocycles. The lowest BCUT2D eigenvalue weighted by Crippen LogP contribution is -2.33. The molecule has 0 saturated carbocycles. The maximum atomic E-state index is 11.8. The van der Waals surface area contributed by atoms with Gasteiger partial charge < -0.3 is 9.88 Å². The fourth-order valence-corrected chi connectivity index (χ4v) is 2.77. The summed E-state index contributed by atoms with van der Waals surface area (Å²) in [6, 6.07) is 0. The van der Waals surface area contributed by atoms with Gasteiger partial charge in [0.2, 0.25) is 0 Å². The first-order chi connectivity index (χ1) is 8.83. The molecule has 3 rings (SSSR count). The lowest BCUT2D eigenvalue weighted by atomic mass is 9.98. The zero-order valence-corrected chi connectivity index (χ0v) is 10.7. The Kier molecular flexibility index (Phi) is 3.10. The fourth-order valence-electron chi connectivity index (χ4n) is 2.24. The van der Waals surface area contributed by atoms with Crippen LogP contribution in [0.4, 0.5) is 0 Å². The van der Waals surface area contributed by atoms with Crippen molar-refractivity contribution in [3.8, 4) is 0 Å². The third-order valence-corrected chi connectivity index (χ3v) is 3.85. The highest BCUT2D eigenvalue weighted by Gasteiger charge is 2.20. The van der Waals surface area contributed by atoms with Crippen LogP contribution in [0.2, 0.25) is 0 Å². The Hall–Kier alpha value is -1.69. The van der Waals surface area contributed by atoms with Crippen LogP contribution in [-0.4, -0.2) is 27.0 Å². The summed E-state index contributed by atoms with van der Waals surface area (Å²) in [4.78, 5) is 20.1. The molecule has 0 radical (unpaired) electrons. The second-order valence-corrected chi connectivity index (χ2v) is 5.20. The lowest BCUT2D eigenvalue weighted by molar-refractivity contribution is 0.0940. The van der Waals surface area contributed by atoms with Crippen molar-refractivity contribution >= 4 is 17.2 Å². The normalized spacial score (nSPS) is 18.3. The van der Waals surface area contributed by atoms with Crippen LogP contribution in [0.3, 0.4) is 0 Å². The van der Waals surface area contributed by atoms with Crippen LogP contribution >= 0.6 is 11.3 Å². The van der Waals surface area contributed by atoms with Crippen LogP contribution in [0.5, 0.6) is 0 Å². The third-order valence-electron chi connectivity index (χ3n) is 3.27. The highest BCUT2D eigenvalue weighted by molar-refractivity contribution is 7.07. The molecule has 0 aromatic carbocycles. The van der Waals surface area contributed by atoms with E-state index >= 15 is 0 Å². The van der Waals surface area contributed by atoms with Crippen molar-refractivity contribution in [1.29, 1.82) is 0 Å². The molecule has 3 heterocycles. The molecule has 5 nitrogen and oxygen atoms in total. The summed E-state index contributed by atoms with van der Waals surface area (Å²) in [5.41, 5.74) is 2.18. The number of carbonyl (C=O) groups excluding carboxylic acids is 1. The maximum Gasteiger partial charge on any atom is 0.270 e. The number of imidazole rings is 1. The zero-order chi connectivity index (χ0) is 12.4. The predicted octanol–water partition coefficient (Wildman–Crippen LogP) is 1.33. The number of hydrogen-bond acceptors (Lipinski definition) is 4. The van der Waals surface area contributed by atoms with E-state index < -0.39 is 0 Å². The molecular weight excluding hydrogens is 248 g/mol. The van der Waals surface area contributed by atoms with Crippen molar-refractivity contribution in [3.63, 3.8) is 0 Å². The number of nitrogens with zero attached hydrogens (tertiary/aromatic N) is 3. The van der Waals surface area contributed by atoms with Gasteiger partial charge in [-0.25, -0.2) is 9.97 Å². The van der Waals surface area contributed by atoms with Gasteiger partial charge in [0.1, 0.15) is 11.5 Å². The monoisotopic (exact) mass is 262 g/mol. The summed E-state index contributed by atoms with van der Waals surface area (Å²) in [5.74, 6) is 1.52. The van der Waals surface area contributed by atoms with Gasteiger partial charge in [-0.1, -0.05) is 0 Å². The largest absolute Gasteiger partial charge is 0.350 e. The molecule has 0 spiro atoms. The van der Waals surface area contributed by atoms with Crippen molar-refractivity contribution in [3.05, 3.63) is 34.8 Å². The average molecular weight is 262 g/mol. The molecule has 0 bridgehead atoms. The molecule has 6 heteroatoms. The van der Waals surface area contributed by atoms with Gasteiger partial charge in [0, 0.05) is 37.3 Å². The smallest absolute Gasteiger partial charge is 0.270 e. The van der Waals surface area contributed by atoms with Gasteiger partial charge in [-0.2, -0.15) is 0 Å². The summed E-state index contributed by atoms with van der Waals surface area (Å²) in [6.45, 7) is 1.69. The molecule has 2 aromatic heterocycles. The third kappa shape index (κ3) is 2.28. The predicted molar refractivity (Wildman–Crippen MR) is 68.5 cm³/mol. The molecule has 1 amide bonds. The summed E-state index contributed by atoms with van der Waals surface area (Å²) in [5, 5.41) is 4.71. The van der Waals surface area contributed by atoms with E-state index in [-0.39, 0.29) is 5.91 Å². The molecule has 1 aliphatic rings. The van der Waals surface area contributed by atoms with Crippen molar-refractivity contribution in [2.24, 2.45) is 5.92 Å². The van der Waals surface area contributed by atoms with Crippen LogP contribution in [-0.2, 0) is 13.0 Å². The van der Waals surface area contributed by atoms with Gasteiger partial charge in [0.15, 0.2) is 0 Å².